The Bertz CT molecular complexity index is 637. The van der Waals surface area contributed by atoms with E-state index in [0.717, 1.165) is 12.4 Å². The highest BCUT2D eigenvalue weighted by atomic mass is 35.5. The predicted octanol–water partition coefficient (Wildman–Crippen LogP) is 2.98. The summed E-state index contributed by atoms with van der Waals surface area (Å²) in [4.78, 5) is 16.9. The summed E-state index contributed by atoms with van der Waals surface area (Å²) < 4.78 is 26.7. The zero-order chi connectivity index (χ0) is 13.3. The summed E-state index contributed by atoms with van der Waals surface area (Å²) >= 11 is 5.60. The molecule has 0 N–H and O–H groups in total. The van der Waals surface area contributed by atoms with E-state index in [1.807, 2.05) is 0 Å². The lowest BCUT2D eigenvalue weighted by molar-refractivity contribution is -0.387. The molecule has 18 heavy (non-hydrogen) atoms. The van der Waals surface area contributed by atoms with Gasteiger partial charge in [0.2, 0.25) is 5.82 Å². The number of hydrogen-bond donors (Lipinski definition) is 0. The quantitative estimate of drug-likeness (QED) is 0.478. The van der Waals surface area contributed by atoms with Crippen molar-refractivity contribution in [2.24, 2.45) is 0 Å². The van der Waals surface area contributed by atoms with Gasteiger partial charge in [-0.15, -0.1) is 0 Å². The van der Waals surface area contributed by atoms with E-state index in [-0.39, 0.29) is 16.4 Å². The van der Waals surface area contributed by atoms with E-state index in [2.05, 4.69) is 9.97 Å². The molecule has 1 aromatic heterocycles. The van der Waals surface area contributed by atoms with Crippen LogP contribution in [0.15, 0.2) is 24.5 Å². The normalized spacial score (nSPS) is 10.4. The van der Waals surface area contributed by atoms with E-state index in [0.29, 0.717) is 6.07 Å². The number of nitro benzene ring substituents is 1. The zero-order valence-electron chi connectivity index (χ0n) is 8.60. The maximum absolute atomic E-state index is 13.5. The number of rotatable bonds is 2. The topological polar surface area (TPSA) is 68.9 Å². The molecule has 92 valence electrons. The van der Waals surface area contributed by atoms with Crippen molar-refractivity contribution in [3.63, 3.8) is 0 Å². The summed E-state index contributed by atoms with van der Waals surface area (Å²) in [6, 6.07) is 2.43. The van der Waals surface area contributed by atoms with Crippen molar-refractivity contribution < 1.29 is 13.7 Å². The molecule has 0 fully saturated rings. The van der Waals surface area contributed by atoms with E-state index >= 15 is 0 Å². The second-order valence-electron chi connectivity index (χ2n) is 3.27. The lowest BCUT2D eigenvalue weighted by Gasteiger charge is -2.03. The van der Waals surface area contributed by atoms with Crippen molar-refractivity contribution in [3.05, 3.63) is 51.4 Å². The molecule has 0 aliphatic carbocycles. The van der Waals surface area contributed by atoms with Crippen molar-refractivity contribution in [1.29, 1.82) is 0 Å². The Morgan fingerprint density at radius 2 is 1.89 bits per heavy atom. The van der Waals surface area contributed by atoms with Gasteiger partial charge in [-0.1, -0.05) is 11.6 Å². The molecule has 0 radical (unpaired) electrons. The van der Waals surface area contributed by atoms with Gasteiger partial charge in [0.05, 0.1) is 10.6 Å². The van der Waals surface area contributed by atoms with Crippen LogP contribution in [0.5, 0.6) is 0 Å². The number of benzene rings is 1. The molecule has 0 spiro atoms. The van der Waals surface area contributed by atoms with Gasteiger partial charge in [-0.25, -0.2) is 14.4 Å². The molecule has 0 atom stereocenters. The van der Waals surface area contributed by atoms with E-state index in [1.54, 1.807) is 0 Å². The van der Waals surface area contributed by atoms with Crippen molar-refractivity contribution in [3.8, 4) is 11.3 Å². The number of halogens is 3. The van der Waals surface area contributed by atoms with Gasteiger partial charge in [-0.05, 0) is 0 Å². The van der Waals surface area contributed by atoms with Crippen molar-refractivity contribution in [2.45, 2.75) is 0 Å². The van der Waals surface area contributed by atoms with Gasteiger partial charge in [0.25, 0.3) is 0 Å². The first-order valence-electron chi connectivity index (χ1n) is 4.60. The van der Waals surface area contributed by atoms with E-state index in [1.165, 1.54) is 6.07 Å². The van der Waals surface area contributed by atoms with Crippen LogP contribution in [0, 0.1) is 21.7 Å². The Balaban J connectivity index is 2.64. The van der Waals surface area contributed by atoms with Gasteiger partial charge >= 0.3 is 5.69 Å². The highest BCUT2D eigenvalue weighted by molar-refractivity contribution is 6.29. The van der Waals surface area contributed by atoms with Crippen molar-refractivity contribution in [2.75, 3.05) is 0 Å². The smallest absolute Gasteiger partial charge is 0.258 e. The lowest BCUT2D eigenvalue weighted by Crippen LogP contribution is -1.97. The standard InChI is InChI=1S/C10H4ClF2N3O2/c11-10-3-8(14-4-15-10)5-1-9(16(17)18)7(13)2-6(5)12/h1-4H. The molecule has 0 aliphatic heterocycles. The van der Waals surface area contributed by atoms with Crippen molar-refractivity contribution >= 4 is 17.3 Å². The van der Waals surface area contributed by atoms with Crippen LogP contribution in [0.2, 0.25) is 5.15 Å². The number of nitrogens with zero attached hydrogens (tertiary/aromatic N) is 3. The molecule has 2 rings (SSSR count). The van der Waals surface area contributed by atoms with Gasteiger partial charge in [0.1, 0.15) is 17.3 Å². The number of aromatic nitrogens is 2. The molecular weight excluding hydrogens is 268 g/mol. The van der Waals surface area contributed by atoms with Gasteiger partial charge in [0, 0.05) is 23.8 Å². The molecule has 1 aromatic carbocycles. The minimum absolute atomic E-state index is 0.0376. The Hall–Kier alpha value is -2.15. The first kappa shape index (κ1) is 12.3. The monoisotopic (exact) mass is 271 g/mol. The van der Waals surface area contributed by atoms with Crippen LogP contribution in [0.25, 0.3) is 11.3 Å². The highest BCUT2D eigenvalue weighted by Gasteiger charge is 2.20. The molecular formula is C10H4ClF2N3O2. The fourth-order valence-electron chi connectivity index (χ4n) is 1.35. The number of nitro groups is 1. The summed E-state index contributed by atoms with van der Waals surface area (Å²) in [5, 5.41) is 10.6. The third-order valence-electron chi connectivity index (χ3n) is 2.14. The Morgan fingerprint density at radius 3 is 2.50 bits per heavy atom. The predicted molar refractivity (Wildman–Crippen MR) is 59.0 cm³/mol. The second-order valence-corrected chi connectivity index (χ2v) is 3.65. The fourth-order valence-corrected chi connectivity index (χ4v) is 1.50. The van der Waals surface area contributed by atoms with E-state index in [4.69, 9.17) is 11.6 Å². The van der Waals surface area contributed by atoms with Crippen molar-refractivity contribution in [1.82, 2.24) is 9.97 Å². The largest absolute Gasteiger partial charge is 0.305 e. The lowest BCUT2D eigenvalue weighted by atomic mass is 10.1. The van der Waals surface area contributed by atoms with Gasteiger partial charge < -0.3 is 0 Å². The summed E-state index contributed by atoms with van der Waals surface area (Å²) in [5.41, 5.74) is -1.01. The van der Waals surface area contributed by atoms with Crippen LogP contribution < -0.4 is 0 Å². The minimum Gasteiger partial charge on any atom is -0.258 e. The maximum atomic E-state index is 13.5. The SMILES string of the molecule is O=[N+]([O-])c1cc(-c2cc(Cl)ncn2)c(F)cc1F. The molecule has 0 saturated heterocycles. The van der Waals surface area contributed by atoms with Crippen LogP contribution >= 0.6 is 11.6 Å². The molecule has 0 aliphatic rings. The van der Waals surface area contributed by atoms with Gasteiger partial charge in [-0.3, -0.25) is 10.1 Å². The molecule has 1 heterocycles. The van der Waals surface area contributed by atoms with Crippen LogP contribution in [0.4, 0.5) is 14.5 Å². The average molecular weight is 272 g/mol. The molecule has 0 unspecified atom stereocenters. The van der Waals surface area contributed by atoms with Crippen LogP contribution in [0.1, 0.15) is 0 Å². The zero-order valence-corrected chi connectivity index (χ0v) is 9.36. The Kier molecular flexibility index (Phi) is 3.15. The fraction of sp³-hybridized carbons (Fsp3) is 0. The molecule has 2 aromatic rings. The third-order valence-corrected chi connectivity index (χ3v) is 2.35. The molecule has 8 heteroatoms. The summed E-state index contributed by atoms with van der Waals surface area (Å²) in [7, 11) is 0. The second kappa shape index (κ2) is 4.61. The molecule has 5 nitrogen and oxygen atoms in total. The minimum atomic E-state index is -1.25. The van der Waals surface area contributed by atoms with Crippen LogP contribution in [-0.4, -0.2) is 14.9 Å². The first-order valence-corrected chi connectivity index (χ1v) is 4.98. The Morgan fingerprint density at radius 1 is 1.17 bits per heavy atom. The first-order chi connectivity index (χ1) is 8.49. The third kappa shape index (κ3) is 2.25. The highest BCUT2D eigenvalue weighted by Crippen LogP contribution is 2.28. The summed E-state index contributed by atoms with van der Waals surface area (Å²) in [6.07, 6.45) is 1.08. The Labute approximate surface area is 104 Å². The van der Waals surface area contributed by atoms with Gasteiger partial charge in [-0.2, -0.15) is 4.39 Å². The van der Waals surface area contributed by atoms with Crippen LogP contribution in [-0.2, 0) is 0 Å². The summed E-state index contributed by atoms with van der Waals surface area (Å²) in [6.45, 7) is 0. The average Bonchev–Trinajstić information content (AvgIpc) is 2.28. The molecule has 0 amide bonds. The number of hydrogen-bond acceptors (Lipinski definition) is 4. The van der Waals surface area contributed by atoms with Gasteiger partial charge in [0.15, 0.2) is 0 Å². The maximum Gasteiger partial charge on any atom is 0.305 e. The van der Waals surface area contributed by atoms with E-state index in [9.17, 15) is 18.9 Å². The molecule has 0 saturated carbocycles. The molecule has 0 bridgehead atoms. The summed E-state index contributed by atoms with van der Waals surface area (Å²) in [5.74, 6) is -2.21. The van der Waals surface area contributed by atoms with Crippen LogP contribution in [0.3, 0.4) is 0 Å². The van der Waals surface area contributed by atoms with E-state index < -0.39 is 22.2 Å².